The second kappa shape index (κ2) is 5.63. The molecule has 17 heavy (non-hydrogen) atoms. The Balaban J connectivity index is 1.69. The summed E-state index contributed by atoms with van der Waals surface area (Å²) in [7, 11) is 0. The van der Waals surface area contributed by atoms with Gasteiger partial charge in [-0.2, -0.15) is 4.98 Å². The fraction of sp³-hybridized carbons (Fsp3) is 0.500. The maximum absolute atomic E-state index is 5.03. The van der Waals surface area contributed by atoms with Crippen LogP contribution < -0.4 is 5.32 Å². The van der Waals surface area contributed by atoms with Crippen LogP contribution in [-0.2, 0) is 19.5 Å². The van der Waals surface area contributed by atoms with Crippen molar-refractivity contribution in [1.82, 2.24) is 20.0 Å². The standard InChI is InChI=1S/C12H18N4O/c1-3-16-7-5-11(9-16)8-13-6-4-12-14-10(2)15-17-12/h5,7,9,13H,3-4,6,8H2,1-2H3. The van der Waals surface area contributed by atoms with Gasteiger partial charge < -0.3 is 14.4 Å². The van der Waals surface area contributed by atoms with Crippen molar-refractivity contribution in [3.8, 4) is 0 Å². The first-order valence-corrected chi connectivity index (χ1v) is 5.92. The first-order chi connectivity index (χ1) is 8.28. The van der Waals surface area contributed by atoms with Crippen LogP contribution >= 0.6 is 0 Å². The van der Waals surface area contributed by atoms with E-state index < -0.39 is 0 Å². The summed E-state index contributed by atoms with van der Waals surface area (Å²) in [5.74, 6) is 1.39. The summed E-state index contributed by atoms with van der Waals surface area (Å²) >= 11 is 0. The lowest BCUT2D eigenvalue weighted by Gasteiger charge is -2.00. The Labute approximate surface area is 101 Å². The van der Waals surface area contributed by atoms with Crippen molar-refractivity contribution in [1.29, 1.82) is 0 Å². The van der Waals surface area contributed by atoms with Crippen molar-refractivity contribution < 1.29 is 4.52 Å². The molecule has 92 valence electrons. The maximum Gasteiger partial charge on any atom is 0.227 e. The quantitative estimate of drug-likeness (QED) is 0.770. The second-order valence-corrected chi connectivity index (χ2v) is 4.01. The number of rotatable bonds is 6. The van der Waals surface area contributed by atoms with Crippen molar-refractivity contribution in [3.05, 3.63) is 35.7 Å². The molecule has 0 aliphatic heterocycles. The molecular weight excluding hydrogens is 216 g/mol. The summed E-state index contributed by atoms with van der Waals surface area (Å²) in [5.41, 5.74) is 1.30. The molecule has 0 aliphatic carbocycles. The Hall–Kier alpha value is -1.62. The predicted molar refractivity (Wildman–Crippen MR) is 64.6 cm³/mol. The normalized spacial score (nSPS) is 10.9. The molecule has 2 heterocycles. The zero-order valence-corrected chi connectivity index (χ0v) is 10.3. The summed E-state index contributed by atoms with van der Waals surface area (Å²) in [6.45, 7) is 6.70. The SMILES string of the molecule is CCn1ccc(CNCCc2nc(C)no2)c1. The highest BCUT2D eigenvalue weighted by Crippen LogP contribution is 2.01. The van der Waals surface area contributed by atoms with E-state index in [9.17, 15) is 0 Å². The van der Waals surface area contributed by atoms with Crippen LogP contribution in [0.15, 0.2) is 23.0 Å². The molecule has 0 atom stereocenters. The number of nitrogens with one attached hydrogen (secondary N) is 1. The van der Waals surface area contributed by atoms with E-state index in [-0.39, 0.29) is 0 Å². The minimum absolute atomic E-state index is 0.694. The highest BCUT2D eigenvalue weighted by atomic mass is 16.5. The number of hydrogen-bond donors (Lipinski definition) is 1. The first kappa shape index (κ1) is 11.9. The number of aryl methyl sites for hydroxylation is 2. The maximum atomic E-state index is 5.03. The highest BCUT2D eigenvalue weighted by Gasteiger charge is 2.01. The van der Waals surface area contributed by atoms with Gasteiger partial charge in [-0.3, -0.25) is 0 Å². The Morgan fingerprint density at radius 1 is 1.47 bits per heavy atom. The Bertz CT molecular complexity index is 461. The molecule has 0 saturated heterocycles. The predicted octanol–water partition coefficient (Wildman–Crippen LogP) is 1.53. The number of nitrogens with zero attached hydrogens (tertiary/aromatic N) is 3. The number of hydrogen-bond acceptors (Lipinski definition) is 4. The molecule has 0 amide bonds. The van der Waals surface area contributed by atoms with E-state index in [1.54, 1.807) is 0 Å². The zero-order chi connectivity index (χ0) is 12.1. The third-order valence-corrected chi connectivity index (χ3v) is 2.59. The first-order valence-electron chi connectivity index (χ1n) is 5.92. The van der Waals surface area contributed by atoms with E-state index in [0.29, 0.717) is 11.7 Å². The topological polar surface area (TPSA) is 55.9 Å². The summed E-state index contributed by atoms with van der Waals surface area (Å²) in [6, 6.07) is 2.13. The number of aromatic nitrogens is 3. The molecule has 0 spiro atoms. The molecule has 0 aromatic carbocycles. The van der Waals surface area contributed by atoms with Crippen LogP contribution in [0, 0.1) is 6.92 Å². The van der Waals surface area contributed by atoms with E-state index >= 15 is 0 Å². The van der Waals surface area contributed by atoms with E-state index in [0.717, 1.165) is 26.1 Å². The molecule has 0 fully saturated rings. The van der Waals surface area contributed by atoms with Crippen LogP contribution in [0.3, 0.4) is 0 Å². The Kier molecular flexibility index (Phi) is 3.93. The van der Waals surface area contributed by atoms with E-state index in [2.05, 4.69) is 45.4 Å². The van der Waals surface area contributed by atoms with Crippen LogP contribution in [0.2, 0.25) is 0 Å². The fourth-order valence-corrected chi connectivity index (χ4v) is 1.66. The molecule has 0 unspecified atom stereocenters. The molecule has 2 aromatic heterocycles. The average molecular weight is 234 g/mol. The molecule has 0 radical (unpaired) electrons. The molecule has 0 bridgehead atoms. The molecule has 0 saturated carbocycles. The van der Waals surface area contributed by atoms with Gasteiger partial charge in [0.25, 0.3) is 0 Å². The van der Waals surface area contributed by atoms with Crippen LogP contribution in [0.4, 0.5) is 0 Å². The molecule has 5 nitrogen and oxygen atoms in total. The van der Waals surface area contributed by atoms with Crippen molar-refractivity contribution in [2.24, 2.45) is 0 Å². The van der Waals surface area contributed by atoms with Gasteiger partial charge in [0.05, 0.1) is 0 Å². The molecule has 5 heteroatoms. The lowest BCUT2D eigenvalue weighted by Crippen LogP contribution is -2.16. The van der Waals surface area contributed by atoms with Crippen LogP contribution in [-0.4, -0.2) is 21.3 Å². The lowest BCUT2D eigenvalue weighted by molar-refractivity contribution is 0.372. The van der Waals surface area contributed by atoms with Gasteiger partial charge in [0.1, 0.15) is 0 Å². The van der Waals surface area contributed by atoms with Gasteiger partial charge in [-0.05, 0) is 25.5 Å². The summed E-state index contributed by atoms with van der Waals surface area (Å²) in [4.78, 5) is 4.15. The third-order valence-electron chi connectivity index (χ3n) is 2.59. The monoisotopic (exact) mass is 234 g/mol. The van der Waals surface area contributed by atoms with E-state index in [1.807, 2.05) is 6.92 Å². The molecular formula is C12H18N4O. The van der Waals surface area contributed by atoms with Gasteiger partial charge in [-0.1, -0.05) is 5.16 Å². The van der Waals surface area contributed by atoms with Gasteiger partial charge in [0.2, 0.25) is 5.89 Å². The van der Waals surface area contributed by atoms with E-state index in [1.165, 1.54) is 5.56 Å². The highest BCUT2D eigenvalue weighted by molar-refractivity contribution is 5.09. The van der Waals surface area contributed by atoms with Crippen molar-refractivity contribution in [3.63, 3.8) is 0 Å². The van der Waals surface area contributed by atoms with Gasteiger partial charge in [-0.15, -0.1) is 0 Å². The van der Waals surface area contributed by atoms with Crippen molar-refractivity contribution in [2.75, 3.05) is 6.54 Å². The van der Waals surface area contributed by atoms with Gasteiger partial charge in [-0.25, -0.2) is 0 Å². The Morgan fingerprint density at radius 2 is 2.35 bits per heavy atom. The summed E-state index contributed by atoms with van der Waals surface area (Å²) in [6.07, 6.45) is 5.03. The minimum atomic E-state index is 0.694. The van der Waals surface area contributed by atoms with Gasteiger partial charge in [0.15, 0.2) is 5.82 Å². The fourth-order valence-electron chi connectivity index (χ4n) is 1.66. The Morgan fingerprint density at radius 3 is 3.00 bits per heavy atom. The third kappa shape index (κ3) is 3.42. The van der Waals surface area contributed by atoms with Crippen LogP contribution in [0.1, 0.15) is 24.2 Å². The molecule has 2 rings (SSSR count). The van der Waals surface area contributed by atoms with Crippen LogP contribution in [0.25, 0.3) is 0 Å². The lowest BCUT2D eigenvalue weighted by atomic mass is 10.3. The van der Waals surface area contributed by atoms with Gasteiger partial charge in [0, 0.05) is 38.4 Å². The minimum Gasteiger partial charge on any atom is -0.354 e. The van der Waals surface area contributed by atoms with Crippen molar-refractivity contribution >= 4 is 0 Å². The second-order valence-electron chi connectivity index (χ2n) is 4.01. The van der Waals surface area contributed by atoms with E-state index in [4.69, 9.17) is 4.52 Å². The molecule has 0 aliphatic rings. The zero-order valence-electron chi connectivity index (χ0n) is 10.3. The molecule has 2 aromatic rings. The summed E-state index contributed by atoms with van der Waals surface area (Å²) < 4.78 is 7.20. The summed E-state index contributed by atoms with van der Waals surface area (Å²) in [5, 5.41) is 7.11. The van der Waals surface area contributed by atoms with Crippen molar-refractivity contribution in [2.45, 2.75) is 33.4 Å². The molecule has 1 N–H and O–H groups in total. The smallest absolute Gasteiger partial charge is 0.227 e. The average Bonchev–Trinajstić information content (AvgIpc) is 2.93. The largest absolute Gasteiger partial charge is 0.354 e. The van der Waals surface area contributed by atoms with Crippen LogP contribution in [0.5, 0.6) is 0 Å². The van der Waals surface area contributed by atoms with Gasteiger partial charge >= 0.3 is 0 Å².